The molecule has 8 nitrogen and oxygen atoms in total. The number of ether oxygens (including phenoxy) is 1. The third kappa shape index (κ3) is 6.88. The Morgan fingerprint density at radius 2 is 1.59 bits per heavy atom. The molecule has 0 radical (unpaired) electrons. The van der Waals surface area contributed by atoms with Gasteiger partial charge in [-0.1, -0.05) is 55.1 Å². The summed E-state index contributed by atoms with van der Waals surface area (Å²) in [6.45, 7) is 10.3. The van der Waals surface area contributed by atoms with Crippen molar-refractivity contribution >= 4 is 17.5 Å². The van der Waals surface area contributed by atoms with Crippen LogP contribution >= 0.6 is 0 Å². The average Bonchev–Trinajstić information content (AvgIpc) is 3.50. The molecule has 0 bridgehead atoms. The number of piperidine rings is 1. The van der Waals surface area contributed by atoms with Crippen LogP contribution in [0.4, 0.5) is 5.69 Å². The van der Waals surface area contributed by atoms with Gasteiger partial charge in [-0.25, -0.2) is 0 Å². The second kappa shape index (κ2) is 14.6. The molecule has 5 aliphatic rings. The number of carbonyl (C=O) groups excluding carboxylic acids is 2. The Kier molecular flexibility index (Phi) is 9.39. The summed E-state index contributed by atoms with van der Waals surface area (Å²) in [6.07, 6.45) is 5.79. The fourth-order valence-electron chi connectivity index (χ4n) is 9.81. The molecule has 3 fully saturated rings. The second-order valence-electron chi connectivity index (χ2n) is 16.2. The molecule has 4 aromatic carbocycles. The van der Waals surface area contributed by atoms with Crippen LogP contribution in [0.25, 0.3) is 0 Å². The first-order chi connectivity index (χ1) is 26.4. The van der Waals surface area contributed by atoms with E-state index in [2.05, 4.69) is 94.5 Å². The summed E-state index contributed by atoms with van der Waals surface area (Å²) >= 11 is 0. The summed E-state index contributed by atoms with van der Waals surface area (Å²) in [6, 6.07) is 31.3. The molecule has 2 aliphatic carbocycles. The first kappa shape index (κ1) is 34.7. The lowest BCUT2D eigenvalue weighted by Crippen LogP contribution is -2.49. The van der Waals surface area contributed by atoms with Crippen molar-refractivity contribution in [1.29, 1.82) is 0 Å². The Labute approximate surface area is 318 Å². The Bertz CT molecular complexity index is 2030. The first-order valence-electron chi connectivity index (χ1n) is 19.9. The molecular formula is C46H50N4O4. The number of hydrogen-bond acceptors (Lipinski definition) is 6. The molecule has 1 saturated carbocycles. The molecule has 0 aromatic heterocycles. The summed E-state index contributed by atoms with van der Waals surface area (Å²) in [5, 5.41) is 13.0. The van der Waals surface area contributed by atoms with Gasteiger partial charge in [0.25, 0.3) is 5.91 Å². The Morgan fingerprint density at radius 3 is 2.37 bits per heavy atom. The van der Waals surface area contributed by atoms with E-state index in [4.69, 9.17) is 4.74 Å². The number of piperazine rings is 1. The maximum atomic E-state index is 13.2. The third-order valence-electron chi connectivity index (χ3n) is 12.7. The number of phenolic OH excluding ortho intramolecular Hbond substituents is 1. The summed E-state index contributed by atoms with van der Waals surface area (Å²) in [7, 11) is 0. The van der Waals surface area contributed by atoms with Crippen molar-refractivity contribution in [3.8, 4) is 11.5 Å². The number of carbonyl (C=O) groups is 2. The van der Waals surface area contributed by atoms with E-state index in [0.29, 0.717) is 37.0 Å². The van der Waals surface area contributed by atoms with Crippen molar-refractivity contribution in [2.45, 2.75) is 62.9 Å². The number of aromatic hydroxyl groups is 1. The smallest absolute Gasteiger partial charge is 0.255 e. The van der Waals surface area contributed by atoms with E-state index >= 15 is 0 Å². The number of hydrogen-bond donors (Lipinski definition) is 2. The average molecular weight is 723 g/mol. The standard InChI is InChI=1S/C46H50N4O4/c1-30-7-18-43(45(52)47-30)50-28-36-25-37(11-16-42(36)46(50)53)49-21-19-48(20-22-49)27-31-23-32(24-31)29-54-39-13-8-34(9-14-39)44-40(33-5-3-2-4-6-33)15-10-35-26-38(51)12-17-41(35)44/h2-6,8-9,11-14,16-17,25-26,31-32,40,43-44,51H,1,7,10,15,18-24,27-29H2,(H,47,52)/t31?,32?,40-,43?,44+/m1/s1. The molecule has 8 heteroatoms. The topological polar surface area (TPSA) is 85.4 Å². The monoisotopic (exact) mass is 722 g/mol. The summed E-state index contributed by atoms with van der Waals surface area (Å²) in [4.78, 5) is 32.5. The van der Waals surface area contributed by atoms with Gasteiger partial charge in [0.2, 0.25) is 5.91 Å². The van der Waals surface area contributed by atoms with Crippen LogP contribution in [0.2, 0.25) is 0 Å². The normalized spacial score (nSPS) is 25.5. The van der Waals surface area contributed by atoms with Gasteiger partial charge in [0.15, 0.2) is 0 Å². The van der Waals surface area contributed by atoms with Crippen LogP contribution in [0.5, 0.6) is 11.5 Å². The Morgan fingerprint density at radius 1 is 0.796 bits per heavy atom. The van der Waals surface area contributed by atoms with E-state index in [9.17, 15) is 14.7 Å². The van der Waals surface area contributed by atoms with Gasteiger partial charge in [-0.2, -0.15) is 0 Å². The Hall–Kier alpha value is -5.08. The number of fused-ring (bicyclic) bond motifs is 2. The number of allylic oxidation sites excluding steroid dienone is 1. The van der Waals surface area contributed by atoms with Gasteiger partial charge >= 0.3 is 0 Å². The molecule has 2 saturated heterocycles. The van der Waals surface area contributed by atoms with Gasteiger partial charge in [0.1, 0.15) is 17.5 Å². The molecule has 2 N–H and O–H groups in total. The molecule has 2 amide bonds. The number of nitrogens with one attached hydrogen (secondary N) is 1. The van der Waals surface area contributed by atoms with Crippen LogP contribution in [0.3, 0.4) is 0 Å². The maximum absolute atomic E-state index is 13.2. The van der Waals surface area contributed by atoms with E-state index in [-0.39, 0.29) is 17.7 Å². The van der Waals surface area contributed by atoms with Gasteiger partial charge in [-0.3, -0.25) is 14.5 Å². The van der Waals surface area contributed by atoms with Crippen LogP contribution in [0.15, 0.2) is 103 Å². The van der Waals surface area contributed by atoms with E-state index in [1.165, 1.54) is 40.8 Å². The van der Waals surface area contributed by atoms with Crippen LogP contribution in [0.1, 0.15) is 82.1 Å². The van der Waals surface area contributed by atoms with E-state index in [1.807, 2.05) is 18.2 Å². The van der Waals surface area contributed by atoms with Crippen molar-refractivity contribution in [2.75, 3.05) is 44.2 Å². The minimum absolute atomic E-state index is 0.0438. The van der Waals surface area contributed by atoms with Crippen molar-refractivity contribution in [3.05, 3.63) is 137 Å². The minimum atomic E-state index is -0.427. The number of nitrogens with zero attached hydrogens (tertiary/aromatic N) is 3. The zero-order chi connectivity index (χ0) is 36.8. The minimum Gasteiger partial charge on any atom is -0.508 e. The summed E-state index contributed by atoms with van der Waals surface area (Å²) in [5.41, 5.74) is 8.86. The molecule has 278 valence electrons. The second-order valence-corrected chi connectivity index (χ2v) is 16.2. The highest BCUT2D eigenvalue weighted by Crippen LogP contribution is 2.47. The van der Waals surface area contributed by atoms with Crippen LogP contribution in [0, 0.1) is 11.8 Å². The van der Waals surface area contributed by atoms with Crippen LogP contribution in [-0.4, -0.2) is 72.1 Å². The quantitative estimate of drug-likeness (QED) is 0.190. The first-order valence-corrected chi connectivity index (χ1v) is 19.9. The highest BCUT2D eigenvalue weighted by molar-refractivity contribution is 6.01. The lowest BCUT2D eigenvalue weighted by Gasteiger charge is -2.42. The predicted molar refractivity (Wildman–Crippen MR) is 211 cm³/mol. The predicted octanol–water partition coefficient (Wildman–Crippen LogP) is 7.23. The molecule has 3 aliphatic heterocycles. The zero-order valence-corrected chi connectivity index (χ0v) is 31.0. The van der Waals surface area contributed by atoms with Crippen LogP contribution in [-0.2, 0) is 17.8 Å². The molecule has 9 rings (SSSR count). The van der Waals surface area contributed by atoms with Gasteiger partial charge in [-0.15, -0.1) is 0 Å². The van der Waals surface area contributed by atoms with Gasteiger partial charge in [0, 0.05) is 62.1 Å². The lowest BCUT2D eigenvalue weighted by atomic mass is 9.69. The van der Waals surface area contributed by atoms with Crippen molar-refractivity contribution in [2.24, 2.45) is 11.8 Å². The highest BCUT2D eigenvalue weighted by atomic mass is 16.5. The SMILES string of the molecule is C=C1CCC(N2Cc3cc(N4CCN(CC5CC(COc6ccc([C@@H]7c8ccc(O)cc8CC[C@@H]7c7ccccc7)cc6)C5)CC4)ccc3C2=O)C(=O)N1. The molecular weight excluding hydrogens is 673 g/mol. The molecule has 0 spiro atoms. The van der Waals surface area contributed by atoms with Gasteiger partial charge in [0.05, 0.1) is 6.61 Å². The molecule has 3 heterocycles. The fraction of sp³-hybridized carbons (Fsp3) is 0.391. The third-order valence-corrected chi connectivity index (χ3v) is 12.7. The van der Waals surface area contributed by atoms with Gasteiger partial charge in [-0.05, 0) is 127 Å². The Balaban J connectivity index is 0.739. The molecule has 3 atom stereocenters. The number of amides is 2. The number of phenols is 1. The number of anilines is 1. The number of rotatable bonds is 9. The maximum Gasteiger partial charge on any atom is 0.255 e. The molecule has 4 aromatic rings. The van der Waals surface area contributed by atoms with Crippen molar-refractivity contribution in [3.63, 3.8) is 0 Å². The van der Waals surface area contributed by atoms with E-state index in [1.54, 1.807) is 4.90 Å². The lowest BCUT2D eigenvalue weighted by molar-refractivity contribution is -0.126. The summed E-state index contributed by atoms with van der Waals surface area (Å²) < 4.78 is 6.34. The largest absolute Gasteiger partial charge is 0.508 e. The van der Waals surface area contributed by atoms with Crippen molar-refractivity contribution in [1.82, 2.24) is 15.1 Å². The van der Waals surface area contributed by atoms with E-state index < -0.39 is 6.04 Å². The van der Waals surface area contributed by atoms with Crippen LogP contribution < -0.4 is 15.0 Å². The van der Waals surface area contributed by atoms with Gasteiger partial charge < -0.3 is 25.0 Å². The van der Waals surface area contributed by atoms with E-state index in [0.717, 1.165) is 80.7 Å². The number of benzene rings is 4. The molecule has 54 heavy (non-hydrogen) atoms. The molecule has 1 unspecified atom stereocenters. The number of aryl methyl sites for hydroxylation is 1. The summed E-state index contributed by atoms with van der Waals surface area (Å²) in [5.74, 6) is 3.06. The zero-order valence-electron chi connectivity index (χ0n) is 31.0. The van der Waals surface area contributed by atoms with Crippen molar-refractivity contribution < 1.29 is 19.4 Å². The highest BCUT2D eigenvalue weighted by Gasteiger charge is 2.39. The fourth-order valence-corrected chi connectivity index (χ4v) is 9.81.